The molecule has 0 aliphatic carbocycles. The van der Waals surface area contributed by atoms with Crippen molar-refractivity contribution in [2.24, 2.45) is 4.99 Å². The predicted molar refractivity (Wildman–Crippen MR) is 106 cm³/mol. The number of carbonyl (C=O) groups excluding carboxylic acids is 1. The Morgan fingerprint density at radius 2 is 1.97 bits per heavy atom. The van der Waals surface area contributed by atoms with E-state index < -0.39 is 5.97 Å². The highest BCUT2D eigenvalue weighted by Gasteiger charge is 2.25. The van der Waals surface area contributed by atoms with Gasteiger partial charge in [0.15, 0.2) is 17.2 Å². The van der Waals surface area contributed by atoms with Gasteiger partial charge in [0, 0.05) is 10.9 Å². The molecule has 29 heavy (non-hydrogen) atoms. The molecular formula is C21H14N2O5S. The highest BCUT2D eigenvalue weighted by atomic mass is 32.1. The van der Waals surface area contributed by atoms with Crippen LogP contribution in [0.2, 0.25) is 0 Å². The minimum Gasteiger partial charge on any atom is -0.487 e. The first-order valence-corrected chi connectivity index (χ1v) is 9.71. The lowest BCUT2D eigenvalue weighted by molar-refractivity contribution is -0.129. The number of hydrogen-bond acceptors (Lipinski definition) is 8. The maximum atomic E-state index is 12.2. The van der Waals surface area contributed by atoms with Crippen LogP contribution in [0, 0.1) is 0 Å². The third-order valence-corrected chi connectivity index (χ3v) is 4.93. The monoisotopic (exact) mass is 406 g/mol. The maximum Gasteiger partial charge on any atom is 0.363 e. The molecule has 0 unspecified atom stereocenters. The van der Waals surface area contributed by atoms with Crippen LogP contribution in [0.5, 0.6) is 17.2 Å². The average Bonchev–Trinajstić information content (AvgIpc) is 3.48. The van der Waals surface area contributed by atoms with Crippen molar-refractivity contribution < 1.29 is 23.7 Å². The first-order chi connectivity index (χ1) is 14.2. The Bertz CT molecular complexity index is 1120. The smallest absolute Gasteiger partial charge is 0.363 e. The molecule has 3 heterocycles. The average molecular weight is 406 g/mol. The van der Waals surface area contributed by atoms with E-state index in [1.807, 2.05) is 29.6 Å². The summed E-state index contributed by atoms with van der Waals surface area (Å²) < 4.78 is 21.6. The zero-order valence-electron chi connectivity index (χ0n) is 15.0. The number of cyclic esters (lactones) is 1. The normalized spacial score (nSPS) is 16.1. The van der Waals surface area contributed by atoms with Crippen molar-refractivity contribution in [3.63, 3.8) is 0 Å². The predicted octanol–water partition coefficient (Wildman–Crippen LogP) is 3.80. The lowest BCUT2D eigenvalue weighted by Crippen LogP contribution is -2.05. The van der Waals surface area contributed by atoms with Gasteiger partial charge in [-0.3, -0.25) is 0 Å². The van der Waals surface area contributed by atoms with Crippen molar-refractivity contribution in [3.05, 3.63) is 75.9 Å². The molecule has 0 radical (unpaired) electrons. The van der Waals surface area contributed by atoms with Crippen LogP contribution in [0.15, 0.2) is 64.0 Å². The van der Waals surface area contributed by atoms with E-state index in [4.69, 9.17) is 18.9 Å². The highest BCUT2D eigenvalue weighted by molar-refractivity contribution is 7.07. The van der Waals surface area contributed by atoms with E-state index in [-0.39, 0.29) is 18.4 Å². The third-order valence-electron chi connectivity index (χ3n) is 4.29. The minimum absolute atomic E-state index is 0.180. The van der Waals surface area contributed by atoms with E-state index in [1.54, 1.807) is 29.8 Å². The quantitative estimate of drug-likeness (QED) is 0.474. The number of thiazole rings is 1. The second kappa shape index (κ2) is 7.40. The molecule has 8 heteroatoms. The van der Waals surface area contributed by atoms with Crippen molar-refractivity contribution in [2.75, 3.05) is 6.79 Å². The second-order valence-electron chi connectivity index (χ2n) is 6.24. The number of ether oxygens (including phenoxy) is 4. The number of aromatic nitrogens is 1. The molecule has 0 saturated carbocycles. The van der Waals surface area contributed by atoms with Gasteiger partial charge in [-0.2, -0.15) is 0 Å². The molecule has 5 rings (SSSR count). The molecular weight excluding hydrogens is 392 g/mol. The van der Waals surface area contributed by atoms with Crippen molar-refractivity contribution in [1.82, 2.24) is 4.98 Å². The molecule has 0 atom stereocenters. The van der Waals surface area contributed by atoms with Crippen LogP contribution in [0.25, 0.3) is 6.08 Å². The molecule has 0 bridgehead atoms. The number of rotatable bonds is 5. The molecule has 7 nitrogen and oxygen atoms in total. The number of nitrogens with zero attached hydrogens (tertiary/aromatic N) is 2. The fraction of sp³-hybridized carbons (Fsp3) is 0.0952. The zero-order chi connectivity index (χ0) is 19.6. The number of fused-ring (bicyclic) bond motifs is 1. The molecule has 0 fully saturated rings. The first-order valence-electron chi connectivity index (χ1n) is 8.77. The Labute approximate surface area is 169 Å². The summed E-state index contributed by atoms with van der Waals surface area (Å²) in [7, 11) is 0. The highest BCUT2D eigenvalue weighted by Crippen LogP contribution is 2.33. The summed E-state index contributed by atoms with van der Waals surface area (Å²) in [6, 6.07) is 12.7. The van der Waals surface area contributed by atoms with Gasteiger partial charge in [0.2, 0.25) is 12.7 Å². The maximum absolute atomic E-state index is 12.2. The van der Waals surface area contributed by atoms with E-state index >= 15 is 0 Å². The number of carbonyl (C=O) groups is 1. The Balaban J connectivity index is 1.31. The van der Waals surface area contributed by atoms with Gasteiger partial charge in [0.25, 0.3) is 0 Å². The molecule has 0 N–H and O–H groups in total. The third kappa shape index (κ3) is 3.70. The van der Waals surface area contributed by atoms with Crippen molar-refractivity contribution >= 4 is 29.3 Å². The molecule has 144 valence electrons. The molecule has 2 aliphatic heterocycles. The van der Waals surface area contributed by atoms with E-state index in [9.17, 15) is 4.79 Å². The largest absolute Gasteiger partial charge is 0.487 e. The molecule has 0 amide bonds. The van der Waals surface area contributed by atoms with Gasteiger partial charge in [-0.15, -0.1) is 11.3 Å². The van der Waals surface area contributed by atoms with Crippen molar-refractivity contribution in [1.29, 1.82) is 0 Å². The van der Waals surface area contributed by atoms with Crippen LogP contribution in [0.4, 0.5) is 0 Å². The fourth-order valence-electron chi connectivity index (χ4n) is 2.85. The summed E-state index contributed by atoms with van der Waals surface area (Å²) in [5.41, 5.74) is 4.35. The van der Waals surface area contributed by atoms with E-state index in [1.165, 1.54) is 11.3 Å². The fourth-order valence-corrected chi connectivity index (χ4v) is 3.39. The molecule has 0 spiro atoms. The van der Waals surface area contributed by atoms with Crippen LogP contribution in [-0.4, -0.2) is 23.6 Å². The Morgan fingerprint density at radius 1 is 1.10 bits per heavy atom. The van der Waals surface area contributed by atoms with E-state index in [0.717, 1.165) is 17.0 Å². The van der Waals surface area contributed by atoms with Gasteiger partial charge < -0.3 is 18.9 Å². The Hall–Kier alpha value is -3.65. The Kier molecular flexibility index (Phi) is 4.45. The van der Waals surface area contributed by atoms with Crippen molar-refractivity contribution in [3.8, 4) is 17.2 Å². The van der Waals surface area contributed by atoms with Gasteiger partial charge >= 0.3 is 5.97 Å². The minimum atomic E-state index is -0.499. The van der Waals surface area contributed by atoms with Crippen LogP contribution >= 0.6 is 11.3 Å². The Morgan fingerprint density at radius 3 is 2.79 bits per heavy atom. The lowest BCUT2D eigenvalue weighted by Gasteiger charge is -2.04. The van der Waals surface area contributed by atoms with Gasteiger partial charge in [0.05, 0.1) is 11.2 Å². The number of aliphatic imine (C=N–C) groups is 1. The summed E-state index contributed by atoms with van der Waals surface area (Å²) in [6.07, 6.45) is 1.67. The molecule has 3 aromatic rings. The molecule has 0 saturated heterocycles. The van der Waals surface area contributed by atoms with E-state index in [2.05, 4.69) is 9.98 Å². The van der Waals surface area contributed by atoms with Crippen LogP contribution in [0.3, 0.4) is 0 Å². The van der Waals surface area contributed by atoms with E-state index in [0.29, 0.717) is 23.7 Å². The van der Waals surface area contributed by atoms with Crippen molar-refractivity contribution in [2.45, 2.75) is 6.61 Å². The standard InChI is InChI=1S/C21H14N2O5S/c24-21-17(23-20(28-21)14-3-6-18-19(8-14)27-12-26-18)7-13-1-4-16(5-2-13)25-9-15-10-29-11-22-15/h1-8,10-11H,9,12H2/b17-7+. The molecule has 2 aliphatic rings. The van der Waals surface area contributed by atoms with Gasteiger partial charge in [0.1, 0.15) is 12.4 Å². The van der Waals surface area contributed by atoms with Crippen LogP contribution in [-0.2, 0) is 16.1 Å². The van der Waals surface area contributed by atoms with Crippen LogP contribution < -0.4 is 14.2 Å². The summed E-state index contributed by atoms with van der Waals surface area (Å²) in [5, 5.41) is 1.94. The molecule has 2 aromatic carbocycles. The second-order valence-corrected chi connectivity index (χ2v) is 6.96. The van der Waals surface area contributed by atoms with Gasteiger partial charge in [-0.25, -0.2) is 14.8 Å². The summed E-state index contributed by atoms with van der Waals surface area (Å²) in [5.74, 6) is 1.72. The van der Waals surface area contributed by atoms with Gasteiger partial charge in [-0.05, 0) is 42.0 Å². The summed E-state index contributed by atoms with van der Waals surface area (Å²) in [6.45, 7) is 0.596. The topological polar surface area (TPSA) is 79.2 Å². The summed E-state index contributed by atoms with van der Waals surface area (Å²) in [4.78, 5) is 20.7. The first kappa shape index (κ1) is 17.4. The molecule has 1 aromatic heterocycles. The number of benzene rings is 2. The summed E-state index contributed by atoms with van der Waals surface area (Å²) >= 11 is 1.53. The lowest BCUT2D eigenvalue weighted by atomic mass is 10.2. The van der Waals surface area contributed by atoms with Gasteiger partial charge in [-0.1, -0.05) is 12.1 Å². The number of esters is 1. The number of hydrogen-bond donors (Lipinski definition) is 0. The zero-order valence-corrected chi connectivity index (χ0v) is 15.8. The SMILES string of the molecule is O=C1OC(c2ccc3c(c2)OCO3)=N/C1=C/c1ccc(OCc2cscn2)cc1. The van der Waals surface area contributed by atoms with Crippen LogP contribution in [0.1, 0.15) is 16.8 Å².